The Morgan fingerprint density at radius 3 is 2.06 bits per heavy atom. The molecule has 4 rings (SSSR count). The Morgan fingerprint density at radius 1 is 0.844 bits per heavy atom. The smallest absolute Gasteiger partial charge is 0.207 e. The van der Waals surface area contributed by atoms with Crippen LogP contribution in [-0.2, 0) is 16.1 Å². The quantitative estimate of drug-likeness (QED) is 0.381. The Hall–Kier alpha value is -2.21. The average Bonchev–Trinajstić information content (AvgIpc) is 3.18. The molecule has 0 aliphatic carbocycles. The Kier molecular flexibility index (Phi) is 6.70. The predicted molar refractivity (Wildman–Crippen MR) is 135 cm³/mol. The lowest BCUT2D eigenvalue weighted by Crippen LogP contribution is -2.43. The highest BCUT2D eigenvalue weighted by molar-refractivity contribution is 7.89. The van der Waals surface area contributed by atoms with Gasteiger partial charge in [-0.15, -0.1) is 0 Å². The summed E-state index contributed by atoms with van der Waals surface area (Å²) in [5.74, 6) is 0. The Morgan fingerprint density at radius 2 is 1.44 bits per heavy atom. The number of hydrogen-bond acceptors (Lipinski definition) is 2. The van der Waals surface area contributed by atoms with Crippen LogP contribution in [0.4, 0.5) is 0 Å². The van der Waals surface area contributed by atoms with Crippen LogP contribution in [-0.4, -0.2) is 26.8 Å². The third kappa shape index (κ3) is 5.06. The van der Waals surface area contributed by atoms with Gasteiger partial charge in [-0.1, -0.05) is 97.0 Å². The first-order valence-electron chi connectivity index (χ1n) is 11.5. The van der Waals surface area contributed by atoms with Gasteiger partial charge in [-0.2, -0.15) is 4.31 Å². The predicted octanol–water partition coefficient (Wildman–Crippen LogP) is 6.38. The highest BCUT2D eigenvalue weighted by Crippen LogP contribution is 2.43. The van der Waals surface area contributed by atoms with E-state index in [4.69, 9.17) is 0 Å². The topological polar surface area (TPSA) is 37.4 Å². The number of nitrogens with zero attached hydrogens (tertiary/aromatic N) is 1. The highest BCUT2D eigenvalue weighted by Gasteiger charge is 2.44. The molecule has 0 saturated carbocycles. The van der Waals surface area contributed by atoms with Gasteiger partial charge in [0.25, 0.3) is 0 Å². The van der Waals surface area contributed by atoms with Gasteiger partial charge in [-0.3, -0.25) is 0 Å². The molecule has 0 radical (unpaired) electrons. The lowest BCUT2D eigenvalue weighted by atomic mass is 10.1. The summed E-state index contributed by atoms with van der Waals surface area (Å²) >= 11 is 0. The maximum Gasteiger partial charge on any atom is 0.243 e. The van der Waals surface area contributed by atoms with Crippen molar-refractivity contribution < 1.29 is 8.42 Å². The summed E-state index contributed by atoms with van der Waals surface area (Å²) in [6.45, 7) is 6.78. The third-order valence-corrected chi connectivity index (χ3v) is 11.5. The molecule has 168 valence electrons. The molecule has 3 aromatic rings. The van der Waals surface area contributed by atoms with Crippen molar-refractivity contribution in [2.45, 2.75) is 61.9 Å². The van der Waals surface area contributed by atoms with E-state index in [0.29, 0.717) is 4.90 Å². The summed E-state index contributed by atoms with van der Waals surface area (Å²) in [4.78, 5) is 0.401. The number of rotatable bonds is 7. The first-order valence-corrected chi connectivity index (χ1v) is 16.3. The molecule has 1 aliphatic heterocycles. The second-order valence-corrected chi connectivity index (χ2v) is 16.8. The highest BCUT2D eigenvalue weighted by atomic mass is 32.2. The first-order chi connectivity index (χ1) is 15.3. The number of hydrogen-bond donors (Lipinski definition) is 0. The van der Waals surface area contributed by atoms with Crippen molar-refractivity contribution in [3.63, 3.8) is 0 Å². The Balaban J connectivity index is 1.67. The van der Waals surface area contributed by atoms with Crippen LogP contribution in [0.2, 0.25) is 19.1 Å². The second-order valence-electron chi connectivity index (χ2n) is 9.84. The lowest BCUT2D eigenvalue weighted by Gasteiger charge is -2.34. The molecule has 3 nitrogen and oxygen atoms in total. The van der Waals surface area contributed by atoms with E-state index in [0.717, 1.165) is 36.1 Å². The summed E-state index contributed by atoms with van der Waals surface area (Å²) in [7, 11) is -5.27. The summed E-state index contributed by atoms with van der Waals surface area (Å²) in [5.41, 5.74) is 3.51. The molecule has 0 bridgehead atoms. The van der Waals surface area contributed by atoms with Gasteiger partial charge < -0.3 is 0 Å². The van der Waals surface area contributed by atoms with Crippen LogP contribution in [0.1, 0.15) is 35.6 Å². The van der Waals surface area contributed by atoms with Crippen molar-refractivity contribution in [3.8, 4) is 0 Å². The molecular weight excluding hydrogens is 430 g/mol. The van der Waals surface area contributed by atoms with Gasteiger partial charge in [-0.25, -0.2) is 8.42 Å². The second kappa shape index (κ2) is 9.34. The molecule has 32 heavy (non-hydrogen) atoms. The zero-order valence-electron chi connectivity index (χ0n) is 19.2. The van der Waals surface area contributed by atoms with Crippen LogP contribution in [0.5, 0.6) is 0 Å². The molecule has 3 aromatic carbocycles. The van der Waals surface area contributed by atoms with Crippen molar-refractivity contribution in [1.82, 2.24) is 4.31 Å². The van der Waals surface area contributed by atoms with Gasteiger partial charge in [-0.05, 0) is 49.5 Å². The van der Waals surface area contributed by atoms with E-state index in [1.165, 1.54) is 5.56 Å². The van der Waals surface area contributed by atoms with Crippen molar-refractivity contribution >= 4 is 18.1 Å². The Bertz CT molecular complexity index is 1130. The molecule has 0 aromatic heterocycles. The van der Waals surface area contributed by atoms with Gasteiger partial charge in [0.2, 0.25) is 10.0 Å². The largest absolute Gasteiger partial charge is 0.243 e. The summed E-state index contributed by atoms with van der Waals surface area (Å²) < 4.78 is 29.7. The van der Waals surface area contributed by atoms with Crippen LogP contribution < -0.4 is 0 Å². The van der Waals surface area contributed by atoms with E-state index >= 15 is 0 Å². The average molecular weight is 464 g/mol. The molecular formula is C27H33NO2SSi. The summed E-state index contributed by atoms with van der Waals surface area (Å²) in [6, 6.07) is 30.0. The van der Waals surface area contributed by atoms with E-state index in [1.54, 1.807) is 12.1 Å². The minimum Gasteiger partial charge on any atom is -0.207 e. The van der Waals surface area contributed by atoms with Crippen LogP contribution in [0.3, 0.4) is 0 Å². The van der Waals surface area contributed by atoms with E-state index in [2.05, 4.69) is 55.6 Å². The van der Waals surface area contributed by atoms with Gasteiger partial charge in [0, 0.05) is 6.04 Å². The molecule has 0 unspecified atom stereocenters. The van der Waals surface area contributed by atoms with Gasteiger partial charge in [0.15, 0.2) is 0 Å². The molecule has 2 atom stereocenters. The molecule has 1 fully saturated rings. The van der Waals surface area contributed by atoms with E-state index in [1.807, 2.05) is 41.6 Å². The first kappa shape index (κ1) is 23.0. The van der Waals surface area contributed by atoms with Crippen molar-refractivity contribution in [2.75, 3.05) is 0 Å². The van der Waals surface area contributed by atoms with Crippen LogP contribution in [0, 0.1) is 6.92 Å². The number of aryl methyl sites for hydroxylation is 1. The third-order valence-electron chi connectivity index (χ3n) is 6.53. The molecule has 1 heterocycles. The fourth-order valence-corrected chi connectivity index (χ4v) is 10.2. The molecule has 1 saturated heterocycles. The van der Waals surface area contributed by atoms with E-state index in [-0.39, 0.29) is 12.1 Å². The molecule has 1 aliphatic rings. The zero-order valence-corrected chi connectivity index (χ0v) is 21.1. The van der Waals surface area contributed by atoms with Gasteiger partial charge in [0.05, 0.1) is 19.0 Å². The fraction of sp³-hybridized carbons (Fsp3) is 0.333. The number of benzene rings is 3. The normalized spacial score (nSPS) is 19.8. The number of sulfonamides is 1. The zero-order chi connectivity index (χ0) is 22.8. The van der Waals surface area contributed by atoms with Crippen LogP contribution >= 0.6 is 0 Å². The van der Waals surface area contributed by atoms with E-state index in [9.17, 15) is 8.42 Å². The van der Waals surface area contributed by atoms with Crippen LogP contribution in [0.15, 0.2) is 89.8 Å². The molecule has 0 amide bonds. The lowest BCUT2D eigenvalue weighted by molar-refractivity contribution is 0.338. The standard InChI is InChI=1S/C27H33NO2SSi/c1-22-14-17-26(18-15-22)31(29,30)28-25(16-19-27(28)24-12-8-5-9-13-24)21-32(2,3)20-23-10-6-4-7-11-23/h4-15,17-18,25,27H,16,19-21H2,1-3H3/t25-,27+/m0/s1. The molecule has 0 spiro atoms. The van der Waals surface area contributed by atoms with Crippen molar-refractivity contribution in [1.29, 1.82) is 0 Å². The maximum atomic E-state index is 13.9. The fourth-order valence-electron chi connectivity index (χ4n) is 5.09. The monoisotopic (exact) mass is 463 g/mol. The molecule has 5 heteroatoms. The van der Waals surface area contributed by atoms with Crippen molar-refractivity contribution in [2.24, 2.45) is 0 Å². The summed E-state index contributed by atoms with van der Waals surface area (Å²) in [5, 5.41) is 0. The Labute approximate surface area is 194 Å². The van der Waals surface area contributed by atoms with Crippen LogP contribution in [0.25, 0.3) is 0 Å². The minimum absolute atomic E-state index is 0.0388. The molecule has 0 N–H and O–H groups in total. The summed E-state index contributed by atoms with van der Waals surface area (Å²) in [6.07, 6.45) is 1.78. The van der Waals surface area contributed by atoms with Crippen molar-refractivity contribution in [3.05, 3.63) is 102 Å². The van der Waals surface area contributed by atoms with Gasteiger partial charge in [0.1, 0.15) is 0 Å². The maximum absolute atomic E-state index is 13.9. The minimum atomic E-state index is -3.59. The van der Waals surface area contributed by atoms with Gasteiger partial charge >= 0.3 is 0 Å². The van der Waals surface area contributed by atoms with E-state index < -0.39 is 18.1 Å². The SMILES string of the molecule is Cc1ccc(S(=O)(=O)N2[C@H](C[Si](C)(C)Cc3ccccc3)CC[C@@H]2c2ccccc2)cc1.